The van der Waals surface area contributed by atoms with E-state index in [1.165, 1.54) is 57.8 Å². The fourth-order valence-corrected chi connectivity index (χ4v) is 11.0. The molecule has 0 aromatic carbocycles. The molecule has 0 amide bonds. The van der Waals surface area contributed by atoms with Crippen molar-refractivity contribution < 1.29 is 4.79 Å². The molecule has 172 valence electrons. The third-order valence-corrected chi connectivity index (χ3v) is 13.1. The zero-order valence-corrected chi connectivity index (χ0v) is 23.2. The second kappa shape index (κ2) is 8.44. The number of halogens is 2. The van der Waals surface area contributed by atoms with Gasteiger partial charge in [-0.05, 0) is 90.8 Å². The zero-order chi connectivity index (χ0) is 21.9. The van der Waals surface area contributed by atoms with Crippen LogP contribution in [0.1, 0.15) is 105 Å². The first-order valence-electron chi connectivity index (χ1n) is 12.9. The lowest BCUT2D eigenvalue weighted by Gasteiger charge is -2.64. The Morgan fingerprint density at radius 2 is 1.70 bits per heavy atom. The minimum Gasteiger partial charge on any atom is -0.300 e. The number of rotatable bonds is 5. The Bertz CT molecular complexity index is 657. The number of carbonyl (C=O) groups is 1. The van der Waals surface area contributed by atoms with Gasteiger partial charge >= 0.3 is 0 Å². The number of alkyl halides is 2. The molecule has 30 heavy (non-hydrogen) atoms. The maximum Gasteiger partial charge on any atom is 0.135 e. The normalized spacial score (nSPS) is 46.3. The van der Waals surface area contributed by atoms with Crippen LogP contribution in [0, 0.1) is 52.3 Å². The van der Waals surface area contributed by atoms with E-state index in [4.69, 9.17) is 0 Å². The van der Waals surface area contributed by atoms with Crippen LogP contribution in [0.2, 0.25) is 0 Å². The predicted molar refractivity (Wildman–Crippen MR) is 134 cm³/mol. The quantitative estimate of drug-likeness (QED) is 0.316. The van der Waals surface area contributed by atoms with Crippen LogP contribution in [-0.4, -0.2) is 9.02 Å². The highest BCUT2D eigenvalue weighted by molar-refractivity contribution is 9.25. The van der Waals surface area contributed by atoms with Gasteiger partial charge in [-0.3, -0.25) is 4.79 Å². The first-order chi connectivity index (χ1) is 14.0. The molecule has 0 radical (unpaired) electrons. The lowest BCUT2D eigenvalue weighted by Crippen LogP contribution is -2.60. The molecule has 4 saturated carbocycles. The number of fused-ring (bicyclic) bond motifs is 5. The number of ketones is 1. The molecule has 4 aliphatic rings. The lowest BCUT2D eigenvalue weighted by atomic mass is 9.44. The predicted octanol–water partition coefficient (Wildman–Crippen LogP) is 8.77. The monoisotopic (exact) mass is 542 g/mol. The maximum absolute atomic E-state index is 12.5. The molecule has 0 aromatic rings. The molecule has 3 heteroatoms. The summed E-state index contributed by atoms with van der Waals surface area (Å²) in [5, 5.41) is 0. The smallest absolute Gasteiger partial charge is 0.135 e. The van der Waals surface area contributed by atoms with E-state index in [1.54, 1.807) is 0 Å². The summed E-state index contributed by atoms with van der Waals surface area (Å²) in [6, 6.07) is 0. The second-order valence-electron chi connectivity index (χ2n) is 12.6. The summed E-state index contributed by atoms with van der Waals surface area (Å²) in [6.07, 6.45) is 14.0. The Kier molecular flexibility index (Phi) is 6.69. The molecule has 0 N–H and O–H groups in total. The molecule has 1 unspecified atom stereocenters. The van der Waals surface area contributed by atoms with Crippen molar-refractivity contribution in [1.82, 2.24) is 0 Å². The van der Waals surface area contributed by atoms with Crippen LogP contribution in [-0.2, 0) is 4.79 Å². The minimum absolute atomic E-state index is 0.201. The summed E-state index contributed by atoms with van der Waals surface area (Å²) < 4.78 is -0.202. The van der Waals surface area contributed by atoms with Crippen molar-refractivity contribution in [2.75, 3.05) is 0 Å². The van der Waals surface area contributed by atoms with Gasteiger partial charge in [0.05, 0.1) is 3.23 Å². The van der Waals surface area contributed by atoms with Crippen molar-refractivity contribution in [3.05, 3.63) is 0 Å². The van der Waals surface area contributed by atoms with Crippen LogP contribution in [0.5, 0.6) is 0 Å². The molecule has 4 aliphatic carbocycles. The number of hydrogen-bond acceptors (Lipinski definition) is 1. The van der Waals surface area contributed by atoms with Crippen LogP contribution in [0.4, 0.5) is 0 Å². The van der Waals surface area contributed by atoms with Crippen molar-refractivity contribution in [3.63, 3.8) is 0 Å². The third kappa shape index (κ3) is 3.72. The second-order valence-corrected chi connectivity index (χ2v) is 16.4. The van der Waals surface area contributed by atoms with Crippen molar-refractivity contribution in [3.8, 4) is 0 Å². The highest BCUT2D eigenvalue weighted by Gasteiger charge is 2.65. The topological polar surface area (TPSA) is 17.1 Å². The summed E-state index contributed by atoms with van der Waals surface area (Å²) >= 11 is 8.10. The number of Topliss-reactive ketones (excluding diaryl/α,β-unsaturated/α-hetero) is 1. The highest BCUT2D eigenvalue weighted by Crippen LogP contribution is 2.71. The molecular formula is C27H44Br2O. The van der Waals surface area contributed by atoms with Crippen molar-refractivity contribution in [2.24, 2.45) is 52.3 Å². The zero-order valence-electron chi connectivity index (χ0n) is 20.0. The molecular weight excluding hydrogens is 500 g/mol. The van der Waals surface area contributed by atoms with Crippen molar-refractivity contribution in [2.45, 2.75) is 108 Å². The van der Waals surface area contributed by atoms with Gasteiger partial charge in [0, 0.05) is 12.8 Å². The van der Waals surface area contributed by atoms with Crippen LogP contribution < -0.4 is 0 Å². The Morgan fingerprint density at radius 1 is 0.967 bits per heavy atom. The van der Waals surface area contributed by atoms with Gasteiger partial charge in [0.1, 0.15) is 5.78 Å². The van der Waals surface area contributed by atoms with Gasteiger partial charge in [-0.25, -0.2) is 0 Å². The largest absolute Gasteiger partial charge is 0.300 e. The molecule has 0 heterocycles. The van der Waals surface area contributed by atoms with Crippen LogP contribution in [0.3, 0.4) is 0 Å². The van der Waals surface area contributed by atoms with E-state index in [0.29, 0.717) is 23.5 Å². The summed E-state index contributed by atoms with van der Waals surface area (Å²) in [5.41, 5.74) is 0.750. The Hall–Kier alpha value is 0.630. The minimum atomic E-state index is -0.202. The van der Waals surface area contributed by atoms with E-state index >= 15 is 0 Å². The molecule has 0 bridgehead atoms. The summed E-state index contributed by atoms with van der Waals surface area (Å²) in [6.45, 7) is 12.5. The summed E-state index contributed by atoms with van der Waals surface area (Å²) in [7, 11) is 0. The Labute approximate surface area is 202 Å². The fourth-order valence-electron chi connectivity index (χ4n) is 9.12. The standard InChI is InChI=1S/C27H44Br2O/c1-17(2)7-6-8-18(3)22-11-12-23-21-10-9-19-15-20(30)16-27(28,29)26(19,5)24(21)13-14-25(22,23)4/h17-19,21-24H,6-16H2,1-5H3/t18-,19?,21+,22-,23+,24+,25-,26+/m1/s1. The molecule has 1 nitrogen and oxygen atoms in total. The molecule has 0 saturated heterocycles. The van der Waals surface area contributed by atoms with E-state index in [-0.39, 0.29) is 8.65 Å². The van der Waals surface area contributed by atoms with Crippen molar-refractivity contribution >= 4 is 37.6 Å². The molecule has 4 rings (SSSR count). The van der Waals surface area contributed by atoms with Crippen LogP contribution in [0.15, 0.2) is 0 Å². The third-order valence-electron chi connectivity index (χ3n) is 10.8. The summed E-state index contributed by atoms with van der Waals surface area (Å²) in [5.74, 6) is 6.16. The Morgan fingerprint density at radius 3 is 2.40 bits per heavy atom. The first-order valence-corrected chi connectivity index (χ1v) is 14.5. The van der Waals surface area contributed by atoms with Gasteiger partial charge < -0.3 is 0 Å². The van der Waals surface area contributed by atoms with E-state index in [0.717, 1.165) is 41.9 Å². The number of hydrogen-bond donors (Lipinski definition) is 0. The van der Waals surface area contributed by atoms with E-state index < -0.39 is 0 Å². The molecule has 0 aromatic heterocycles. The SMILES string of the molecule is CC(C)CCC[C@@H](C)[C@H]1CC[C@H]2[C@@H]3CCC4CC(=O)CC(Br)(Br)[C@]4(C)[C@H]3CC[C@]12C. The lowest BCUT2D eigenvalue weighted by molar-refractivity contribution is -0.140. The molecule has 0 aliphatic heterocycles. The van der Waals surface area contributed by atoms with Crippen LogP contribution in [0.25, 0.3) is 0 Å². The van der Waals surface area contributed by atoms with E-state index in [2.05, 4.69) is 66.5 Å². The van der Waals surface area contributed by atoms with Gasteiger partial charge in [0.2, 0.25) is 0 Å². The Balaban J connectivity index is 1.53. The van der Waals surface area contributed by atoms with E-state index in [1.807, 2.05) is 0 Å². The van der Waals surface area contributed by atoms with Gasteiger partial charge in [0.15, 0.2) is 0 Å². The van der Waals surface area contributed by atoms with Gasteiger partial charge in [0.25, 0.3) is 0 Å². The highest BCUT2D eigenvalue weighted by atomic mass is 79.9. The number of carbonyl (C=O) groups excluding carboxylic acids is 1. The van der Waals surface area contributed by atoms with Crippen molar-refractivity contribution in [1.29, 1.82) is 0 Å². The average molecular weight is 544 g/mol. The molecule has 8 atom stereocenters. The molecule has 4 fully saturated rings. The van der Waals surface area contributed by atoms with E-state index in [9.17, 15) is 4.79 Å². The van der Waals surface area contributed by atoms with Gasteiger partial charge in [-0.15, -0.1) is 0 Å². The van der Waals surface area contributed by atoms with Crippen LogP contribution >= 0.6 is 31.9 Å². The average Bonchev–Trinajstić information content (AvgIpc) is 2.99. The first kappa shape index (κ1) is 23.8. The maximum atomic E-state index is 12.5. The fraction of sp³-hybridized carbons (Fsp3) is 0.963. The van der Waals surface area contributed by atoms with Gasteiger partial charge in [-0.1, -0.05) is 85.7 Å². The molecule has 0 spiro atoms. The van der Waals surface area contributed by atoms with Gasteiger partial charge in [-0.2, -0.15) is 0 Å². The summed E-state index contributed by atoms with van der Waals surface area (Å²) in [4.78, 5) is 12.5.